The van der Waals surface area contributed by atoms with E-state index in [9.17, 15) is 4.79 Å². The van der Waals surface area contributed by atoms with Crippen LogP contribution in [0.1, 0.15) is 5.56 Å². The molecular formula is C14H21ClN2O3. The zero-order valence-electron chi connectivity index (χ0n) is 11.5. The van der Waals surface area contributed by atoms with Gasteiger partial charge in [-0.1, -0.05) is 18.2 Å². The highest BCUT2D eigenvalue weighted by Gasteiger charge is 2.29. The zero-order chi connectivity index (χ0) is 13.7. The van der Waals surface area contributed by atoms with Crippen molar-refractivity contribution in [1.29, 1.82) is 0 Å². The van der Waals surface area contributed by atoms with E-state index in [4.69, 9.17) is 9.84 Å². The number of aliphatic hydroxyl groups is 1. The van der Waals surface area contributed by atoms with Crippen molar-refractivity contribution in [1.82, 2.24) is 10.2 Å². The van der Waals surface area contributed by atoms with Gasteiger partial charge in [-0.2, -0.15) is 0 Å². The first-order valence-electron chi connectivity index (χ1n) is 6.48. The van der Waals surface area contributed by atoms with Gasteiger partial charge < -0.3 is 20.1 Å². The first kappa shape index (κ1) is 16.8. The van der Waals surface area contributed by atoms with Crippen LogP contribution in [0.4, 0.5) is 0 Å². The fourth-order valence-electron chi connectivity index (χ4n) is 2.15. The van der Waals surface area contributed by atoms with Crippen LogP contribution in [-0.2, 0) is 11.3 Å². The lowest BCUT2D eigenvalue weighted by Crippen LogP contribution is -2.52. The van der Waals surface area contributed by atoms with Gasteiger partial charge in [-0.15, -0.1) is 12.4 Å². The summed E-state index contributed by atoms with van der Waals surface area (Å²) in [6.45, 7) is 2.26. The number of amides is 1. The van der Waals surface area contributed by atoms with Gasteiger partial charge in [-0.25, -0.2) is 0 Å². The fraction of sp³-hybridized carbons (Fsp3) is 0.500. The summed E-state index contributed by atoms with van der Waals surface area (Å²) in [7, 11) is 1.62. The van der Waals surface area contributed by atoms with Gasteiger partial charge in [0.1, 0.15) is 5.75 Å². The number of methoxy groups -OCH3 is 1. The molecule has 0 unspecified atom stereocenters. The average molecular weight is 301 g/mol. The Hall–Kier alpha value is -1.30. The molecular weight excluding hydrogens is 280 g/mol. The van der Waals surface area contributed by atoms with Crippen molar-refractivity contribution in [3.8, 4) is 5.75 Å². The molecule has 1 fully saturated rings. The summed E-state index contributed by atoms with van der Waals surface area (Å²) < 4.78 is 5.29. The summed E-state index contributed by atoms with van der Waals surface area (Å²) in [5, 5.41) is 12.2. The number of hydrogen-bond acceptors (Lipinski definition) is 4. The van der Waals surface area contributed by atoms with Gasteiger partial charge in [0.2, 0.25) is 5.91 Å². The third-order valence-corrected chi connectivity index (χ3v) is 3.37. The van der Waals surface area contributed by atoms with E-state index >= 15 is 0 Å². The molecule has 0 aliphatic carbocycles. The zero-order valence-corrected chi connectivity index (χ0v) is 12.4. The molecule has 1 saturated heterocycles. The van der Waals surface area contributed by atoms with Crippen LogP contribution in [0.15, 0.2) is 24.3 Å². The Morgan fingerprint density at radius 1 is 1.45 bits per heavy atom. The van der Waals surface area contributed by atoms with Crippen molar-refractivity contribution < 1.29 is 14.6 Å². The minimum Gasteiger partial charge on any atom is -0.496 e. The number of carbonyl (C=O) groups excluding carboxylic acids is 1. The number of nitrogens with one attached hydrogen (secondary N) is 1. The molecule has 1 aliphatic rings. The molecule has 6 heteroatoms. The number of carbonyl (C=O) groups is 1. The maximum Gasteiger partial charge on any atom is 0.228 e. The van der Waals surface area contributed by atoms with Gasteiger partial charge >= 0.3 is 0 Å². The minimum atomic E-state index is -0.0267. The van der Waals surface area contributed by atoms with E-state index in [1.807, 2.05) is 24.3 Å². The van der Waals surface area contributed by atoms with Crippen LogP contribution >= 0.6 is 12.4 Å². The number of halogens is 1. The monoisotopic (exact) mass is 300 g/mol. The molecule has 1 aromatic rings. The summed E-state index contributed by atoms with van der Waals surface area (Å²) in [6.07, 6.45) is 0. The highest BCUT2D eigenvalue weighted by molar-refractivity contribution is 5.85. The Kier molecular flexibility index (Phi) is 6.78. The molecule has 0 spiro atoms. The van der Waals surface area contributed by atoms with Crippen LogP contribution in [0.25, 0.3) is 0 Å². The molecule has 2 rings (SSSR count). The topological polar surface area (TPSA) is 61.8 Å². The molecule has 1 aliphatic heterocycles. The van der Waals surface area contributed by atoms with Crippen molar-refractivity contribution in [3.63, 3.8) is 0 Å². The fourth-order valence-corrected chi connectivity index (χ4v) is 2.15. The van der Waals surface area contributed by atoms with Crippen LogP contribution in [0.5, 0.6) is 5.75 Å². The Bertz CT molecular complexity index is 438. The summed E-state index contributed by atoms with van der Waals surface area (Å²) in [5.74, 6) is 0.907. The third kappa shape index (κ3) is 3.85. The molecule has 0 atom stereocenters. The Balaban J connectivity index is 0.00000200. The number of ether oxygens (including phenoxy) is 1. The molecule has 20 heavy (non-hydrogen) atoms. The number of aliphatic hydroxyl groups excluding tert-OH is 1. The SMILES string of the molecule is COc1ccccc1CN(CCO)C(=O)C1CNC1.Cl. The number of benzene rings is 1. The number of rotatable bonds is 6. The molecule has 2 N–H and O–H groups in total. The predicted octanol–water partition coefficient (Wildman–Crippen LogP) is 0.657. The lowest BCUT2D eigenvalue weighted by Gasteiger charge is -2.32. The molecule has 1 amide bonds. The first-order chi connectivity index (χ1) is 9.26. The quantitative estimate of drug-likeness (QED) is 0.810. The van der Waals surface area contributed by atoms with Crippen molar-refractivity contribution >= 4 is 18.3 Å². The summed E-state index contributed by atoms with van der Waals surface area (Å²) in [6, 6.07) is 7.64. The largest absolute Gasteiger partial charge is 0.496 e. The Morgan fingerprint density at radius 3 is 2.70 bits per heavy atom. The van der Waals surface area contributed by atoms with E-state index < -0.39 is 0 Å². The molecule has 0 bridgehead atoms. The van der Waals surface area contributed by atoms with Crippen molar-refractivity contribution in [3.05, 3.63) is 29.8 Å². The Labute approximate surface area is 125 Å². The lowest BCUT2D eigenvalue weighted by molar-refractivity contribution is -0.138. The summed E-state index contributed by atoms with van der Waals surface area (Å²) in [4.78, 5) is 14.0. The van der Waals surface area contributed by atoms with Gasteiger partial charge in [-0.05, 0) is 6.07 Å². The smallest absolute Gasteiger partial charge is 0.228 e. The van der Waals surface area contributed by atoms with E-state index in [1.54, 1.807) is 12.0 Å². The van der Waals surface area contributed by atoms with Gasteiger partial charge in [0.25, 0.3) is 0 Å². The second-order valence-electron chi connectivity index (χ2n) is 4.65. The van der Waals surface area contributed by atoms with Crippen LogP contribution in [0.3, 0.4) is 0 Å². The molecule has 112 valence electrons. The second kappa shape index (κ2) is 8.09. The number of hydrogen-bond donors (Lipinski definition) is 2. The number of nitrogens with zero attached hydrogens (tertiary/aromatic N) is 1. The van der Waals surface area contributed by atoms with E-state index in [-0.39, 0.29) is 30.8 Å². The van der Waals surface area contributed by atoms with Crippen molar-refractivity contribution in [2.75, 3.05) is 33.4 Å². The maximum absolute atomic E-state index is 12.3. The van der Waals surface area contributed by atoms with Crippen LogP contribution < -0.4 is 10.1 Å². The average Bonchev–Trinajstić information content (AvgIpc) is 2.36. The van der Waals surface area contributed by atoms with Gasteiger partial charge in [-0.3, -0.25) is 4.79 Å². The van der Waals surface area contributed by atoms with E-state index in [2.05, 4.69) is 5.32 Å². The molecule has 0 aromatic heterocycles. The predicted molar refractivity (Wildman–Crippen MR) is 79.1 cm³/mol. The minimum absolute atomic E-state index is 0. The number of para-hydroxylation sites is 1. The molecule has 0 radical (unpaired) electrons. The summed E-state index contributed by atoms with van der Waals surface area (Å²) in [5.41, 5.74) is 0.957. The highest BCUT2D eigenvalue weighted by atomic mass is 35.5. The van der Waals surface area contributed by atoms with E-state index in [1.165, 1.54) is 0 Å². The van der Waals surface area contributed by atoms with Gasteiger partial charge in [0, 0.05) is 31.7 Å². The van der Waals surface area contributed by atoms with Crippen LogP contribution in [0, 0.1) is 5.92 Å². The Morgan fingerprint density at radius 2 is 2.15 bits per heavy atom. The standard InChI is InChI=1S/C14H20N2O3.ClH/c1-19-13-5-3-2-4-11(13)10-16(6-7-17)14(18)12-8-15-9-12;/h2-5,12,15,17H,6-10H2,1H3;1H. The van der Waals surface area contributed by atoms with Crippen molar-refractivity contribution in [2.45, 2.75) is 6.54 Å². The molecule has 1 aromatic carbocycles. The molecule has 5 nitrogen and oxygen atoms in total. The maximum atomic E-state index is 12.3. The third-order valence-electron chi connectivity index (χ3n) is 3.37. The van der Waals surface area contributed by atoms with Crippen molar-refractivity contribution in [2.24, 2.45) is 5.92 Å². The molecule has 1 heterocycles. The van der Waals surface area contributed by atoms with Crippen LogP contribution in [0.2, 0.25) is 0 Å². The van der Waals surface area contributed by atoms with Gasteiger partial charge in [0.05, 0.1) is 19.6 Å². The van der Waals surface area contributed by atoms with E-state index in [0.29, 0.717) is 13.1 Å². The van der Waals surface area contributed by atoms with Crippen LogP contribution in [-0.4, -0.2) is 49.3 Å². The highest BCUT2D eigenvalue weighted by Crippen LogP contribution is 2.20. The second-order valence-corrected chi connectivity index (χ2v) is 4.65. The summed E-state index contributed by atoms with van der Waals surface area (Å²) >= 11 is 0. The molecule has 0 saturated carbocycles. The van der Waals surface area contributed by atoms with Gasteiger partial charge in [0.15, 0.2) is 0 Å². The first-order valence-corrected chi connectivity index (χ1v) is 6.48. The normalized spacial score (nSPS) is 14.1. The van der Waals surface area contributed by atoms with E-state index in [0.717, 1.165) is 24.4 Å². The lowest BCUT2D eigenvalue weighted by atomic mass is 10.0.